The summed E-state index contributed by atoms with van der Waals surface area (Å²) in [6.07, 6.45) is 3.77. The molecule has 1 N–H and O–H groups in total. The molecule has 4 heterocycles. The van der Waals surface area contributed by atoms with Gasteiger partial charge in [-0.25, -0.2) is 4.98 Å². The van der Waals surface area contributed by atoms with E-state index in [9.17, 15) is 9.59 Å². The number of anilines is 2. The Labute approximate surface area is 243 Å². The van der Waals surface area contributed by atoms with Crippen molar-refractivity contribution in [2.45, 2.75) is 64.6 Å². The topological polar surface area (TPSA) is 68.8 Å². The number of hydrogen-bond acceptors (Lipinski definition) is 5. The van der Waals surface area contributed by atoms with E-state index in [1.54, 1.807) is 6.92 Å². The lowest BCUT2D eigenvalue weighted by atomic mass is 9.78. The number of aromatic nitrogens is 1. The fraction of sp³-hybridized carbons (Fsp3) is 0.441. The van der Waals surface area contributed by atoms with Crippen LogP contribution in [-0.2, 0) is 22.7 Å². The van der Waals surface area contributed by atoms with Gasteiger partial charge in [-0.2, -0.15) is 0 Å². The summed E-state index contributed by atoms with van der Waals surface area (Å²) in [4.78, 5) is 37.7. The monoisotopic (exact) mass is 551 g/mol. The average molecular weight is 552 g/mol. The lowest BCUT2D eigenvalue weighted by Gasteiger charge is -2.41. The molecule has 1 atom stereocenters. The summed E-state index contributed by atoms with van der Waals surface area (Å²) in [7, 11) is 0. The Morgan fingerprint density at radius 2 is 1.61 bits per heavy atom. The fourth-order valence-corrected chi connectivity index (χ4v) is 6.85. The molecule has 2 fully saturated rings. The van der Waals surface area contributed by atoms with Gasteiger partial charge in [0.05, 0.1) is 18.2 Å². The Kier molecular flexibility index (Phi) is 8.06. The molecule has 1 unspecified atom stereocenters. The van der Waals surface area contributed by atoms with Crippen molar-refractivity contribution in [1.82, 2.24) is 14.8 Å². The van der Waals surface area contributed by atoms with Crippen LogP contribution in [0.15, 0.2) is 66.7 Å². The highest BCUT2D eigenvalue weighted by atomic mass is 16.2. The lowest BCUT2D eigenvalue weighted by molar-refractivity contribution is -0.130. The normalized spacial score (nSPS) is 20.6. The van der Waals surface area contributed by atoms with Crippen molar-refractivity contribution in [3.8, 4) is 0 Å². The Morgan fingerprint density at radius 3 is 2.32 bits per heavy atom. The number of nitrogens with zero attached hydrogens (tertiary/aromatic N) is 4. The van der Waals surface area contributed by atoms with Crippen LogP contribution in [0.3, 0.4) is 0 Å². The van der Waals surface area contributed by atoms with Crippen LogP contribution in [0.1, 0.15) is 60.9 Å². The molecule has 2 amide bonds. The van der Waals surface area contributed by atoms with Crippen LogP contribution in [0, 0.1) is 12.8 Å². The molecule has 0 radical (unpaired) electrons. The number of likely N-dealkylation sites (tertiary alicyclic amines) is 2. The third kappa shape index (κ3) is 6.01. The summed E-state index contributed by atoms with van der Waals surface area (Å²) in [5.74, 6) is 0.967. The SMILES string of the molecule is CC(=O)N1CCC(C2C(=O)N(c3ccccc3C)Cc3ccc(NC4CCN(Cc5ccccc5)CC4)nc32)CC1. The third-order valence-corrected chi connectivity index (χ3v) is 9.22. The minimum Gasteiger partial charge on any atom is -0.367 e. The molecule has 41 heavy (non-hydrogen) atoms. The van der Waals surface area contributed by atoms with Gasteiger partial charge in [-0.15, -0.1) is 0 Å². The van der Waals surface area contributed by atoms with Gasteiger partial charge in [0.2, 0.25) is 11.8 Å². The number of hydrogen-bond donors (Lipinski definition) is 1. The summed E-state index contributed by atoms with van der Waals surface area (Å²) < 4.78 is 0. The second-order valence-electron chi connectivity index (χ2n) is 12.0. The van der Waals surface area contributed by atoms with Crippen LogP contribution < -0.4 is 10.2 Å². The number of para-hydroxylation sites is 1. The molecular weight excluding hydrogens is 510 g/mol. The van der Waals surface area contributed by atoms with Crippen molar-refractivity contribution in [3.05, 3.63) is 89.1 Å². The maximum Gasteiger partial charge on any atom is 0.236 e. The number of rotatable bonds is 6. The summed E-state index contributed by atoms with van der Waals surface area (Å²) in [6.45, 7) is 8.73. The number of aryl methyl sites for hydroxylation is 1. The van der Waals surface area contributed by atoms with E-state index in [4.69, 9.17) is 4.98 Å². The Bertz CT molecular complexity index is 1380. The Balaban J connectivity index is 1.20. The molecule has 3 aliphatic rings. The van der Waals surface area contributed by atoms with Crippen molar-refractivity contribution >= 4 is 23.3 Å². The Morgan fingerprint density at radius 1 is 0.902 bits per heavy atom. The van der Waals surface area contributed by atoms with Crippen molar-refractivity contribution in [3.63, 3.8) is 0 Å². The smallest absolute Gasteiger partial charge is 0.236 e. The summed E-state index contributed by atoms with van der Waals surface area (Å²) in [5, 5.41) is 3.71. The highest BCUT2D eigenvalue weighted by Crippen LogP contribution is 2.41. The van der Waals surface area contributed by atoms with E-state index in [1.165, 1.54) is 5.56 Å². The number of nitrogens with one attached hydrogen (secondary N) is 1. The molecule has 2 aromatic carbocycles. The number of amides is 2. The van der Waals surface area contributed by atoms with Gasteiger partial charge in [0.15, 0.2) is 0 Å². The number of fused-ring (bicyclic) bond motifs is 1. The van der Waals surface area contributed by atoms with Crippen molar-refractivity contribution in [2.24, 2.45) is 5.92 Å². The van der Waals surface area contributed by atoms with Crippen LogP contribution in [0.2, 0.25) is 0 Å². The van der Waals surface area contributed by atoms with E-state index >= 15 is 0 Å². The molecule has 7 nitrogen and oxygen atoms in total. The maximum absolute atomic E-state index is 14.2. The van der Waals surface area contributed by atoms with Crippen LogP contribution in [0.4, 0.5) is 11.5 Å². The van der Waals surface area contributed by atoms with Crippen molar-refractivity contribution in [1.29, 1.82) is 0 Å². The van der Waals surface area contributed by atoms with Gasteiger partial charge in [-0.1, -0.05) is 54.6 Å². The highest BCUT2D eigenvalue weighted by Gasteiger charge is 2.42. The van der Waals surface area contributed by atoms with Crippen LogP contribution in [0.25, 0.3) is 0 Å². The summed E-state index contributed by atoms with van der Waals surface area (Å²) >= 11 is 0. The second-order valence-corrected chi connectivity index (χ2v) is 12.0. The van der Waals surface area contributed by atoms with Gasteiger partial charge < -0.3 is 15.1 Å². The zero-order chi connectivity index (χ0) is 28.3. The van der Waals surface area contributed by atoms with E-state index in [0.717, 1.165) is 73.6 Å². The first-order valence-electron chi connectivity index (χ1n) is 15.1. The summed E-state index contributed by atoms with van der Waals surface area (Å²) in [5.41, 5.74) is 5.47. The lowest BCUT2D eigenvalue weighted by Crippen LogP contribution is -2.46. The molecule has 3 aromatic rings. The molecule has 0 saturated carbocycles. The first-order valence-corrected chi connectivity index (χ1v) is 15.1. The van der Waals surface area contributed by atoms with E-state index in [-0.39, 0.29) is 23.7 Å². The quantitative estimate of drug-likeness (QED) is 0.447. The van der Waals surface area contributed by atoms with Crippen molar-refractivity contribution < 1.29 is 9.59 Å². The number of carbonyl (C=O) groups excluding carboxylic acids is 2. The molecular formula is C34H41N5O2. The van der Waals surface area contributed by atoms with Crippen LogP contribution in [-0.4, -0.2) is 58.8 Å². The van der Waals surface area contributed by atoms with Crippen molar-refractivity contribution in [2.75, 3.05) is 36.4 Å². The third-order valence-electron chi connectivity index (χ3n) is 9.22. The van der Waals surface area contributed by atoms with Gasteiger partial charge in [-0.05, 0) is 67.3 Å². The van der Waals surface area contributed by atoms with Gasteiger partial charge in [-0.3, -0.25) is 14.5 Å². The van der Waals surface area contributed by atoms with E-state index in [0.29, 0.717) is 25.7 Å². The maximum atomic E-state index is 14.2. The van der Waals surface area contributed by atoms with Crippen LogP contribution in [0.5, 0.6) is 0 Å². The first-order chi connectivity index (χ1) is 20.0. The molecule has 0 bridgehead atoms. The molecule has 6 rings (SSSR count). The van der Waals surface area contributed by atoms with E-state index in [2.05, 4.69) is 65.7 Å². The standard InChI is InChI=1S/C34H41N5O2/c1-24-8-6-7-11-30(24)39-23-28-12-13-31(35-29-16-18-37(19-17-29)22-26-9-4-3-5-10-26)36-33(28)32(34(39)41)27-14-20-38(21-15-27)25(2)40/h3-13,27,29,32H,14-23H2,1-2H3,(H,35,36). The average Bonchev–Trinajstić information content (AvgIpc) is 2.99. The predicted octanol–water partition coefficient (Wildman–Crippen LogP) is 5.36. The minimum atomic E-state index is -0.304. The van der Waals surface area contributed by atoms with Gasteiger partial charge >= 0.3 is 0 Å². The number of benzene rings is 2. The molecule has 2 saturated heterocycles. The number of piperidine rings is 2. The minimum absolute atomic E-state index is 0.111. The van der Waals surface area contributed by atoms with Gasteiger partial charge in [0, 0.05) is 51.4 Å². The summed E-state index contributed by atoms with van der Waals surface area (Å²) in [6, 6.07) is 23.4. The number of carbonyl (C=O) groups is 2. The van der Waals surface area contributed by atoms with Gasteiger partial charge in [0.25, 0.3) is 0 Å². The number of pyridine rings is 1. The van der Waals surface area contributed by atoms with E-state index < -0.39 is 0 Å². The second kappa shape index (κ2) is 12.0. The first kappa shape index (κ1) is 27.5. The largest absolute Gasteiger partial charge is 0.367 e. The fourth-order valence-electron chi connectivity index (χ4n) is 6.85. The zero-order valence-corrected chi connectivity index (χ0v) is 24.3. The highest BCUT2D eigenvalue weighted by molar-refractivity contribution is 6.00. The molecule has 3 aliphatic heterocycles. The molecule has 7 heteroatoms. The predicted molar refractivity (Wildman–Crippen MR) is 163 cm³/mol. The van der Waals surface area contributed by atoms with E-state index in [1.807, 2.05) is 28.0 Å². The molecule has 214 valence electrons. The molecule has 0 spiro atoms. The molecule has 1 aromatic heterocycles. The van der Waals surface area contributed by atoms with Crippen LogP contribution >= 0.6 is 0 Å². The zero-order valence-electron chi connectivity index (χ0n) is 24.3. The van der Waals surface area contributed by atoms with Gasteiger partial charge in [0.1, 0.15) is 5.82 Å². The Hall–Kier alpha value is -3.71. The molecule has 0 aliphatic carbocycles.